The minimum Gasteiger partial charge on any atom is -0.431 e. The van der Waals surface area contributed by atoms with Gasteiger partial charge in [0.1, 0.15) is 0 Å². The Labute approximate surface area is 113 Å². The molecule has 1 aliphatic heterocycles. The molecular formula is C12H14F4N2O2. The molecule has 0 amide bonds. The summed E-state index contributed by atoms with van der Waals surface area (Å²) in [5.41, 5.74) is 0.628. The van der Waals surface area contributed by atoms with E-state index in [1.54, 1.807) is 6.07 Å². The molecule has 1 fully saturated rings. The van der Waals surface area contributed by atoms with Gasteiger partial charge in [-0.05, 0) is 12.1 Å². The van der Waals surface area contributed by atoms with E-state index in [1.807, 2.05) is 4.90 Å². The van der Waals surface area contributed by atoms with E-state index in [0.717, 1.165) is 13.1 Å². The van der Waals surface area contributed by atoms with E-state index in [4.69, 9.17) is 0 Å². The molecule has 1 aromatic rings. The first-order chi connectivity index (χ1) is 9.56. The van der Waals surface area contributed by atoms with Crippen LogP contribution in [0.4, 0.5) is 23.2 Å². The van der Waals surface area contributed by atoms with Crippen molar-refractivity contribution >= 4 is 5.69 Å². The first kappa shape index (κ1) is 14.7. The van der Waals surface area contributed by atoms with Crippen LogP contribution in [0.2, 0.25) is 0 Å². The molecule has 0 bridgehead atoms. The van der Waals surface area contributed by atoms with Crippen LogP contribution in [0.5, 0.6) is 11.5 Å². The fourth-order valence-electron chi connectivity index (χ4n) is 2.00. The molecule has 2 rings (SSSR count). The largest absolute Gasteiger partial charge is 0.431 e. The lowest BCUT2D eigenvalue weighted by molar-refractivity contribution is -0.0692. The maximum absolute atomic E-state index is 12.3. The van der Waals surface area contributed by atoms with E-state index in [9.17, 15) is 17.6 Å². The van der Waals surface area contributed by atoms with Crippen LogP contribution >= 0.6 is 0 Å². The van der Waals surface area contributed by atoms with Gasteiger partial charge >= 0.3 is 13.2 Å². The molecule has 1 N–H and O–H groups in total. The summed E-state index contributed by atoms with van der Waals surface area (Å²) >= 11 is 0. The van der Waals surface area contributed by atoms with E-state index in [1.165, 1.54) is 12.1 Å². The number of halogens is 4. The van der Waals surface area contributed by atoms with E-state index in [2.05, 4.69) is 14.8 Å². The summed E-state index contributed by atoms with van der Waals surface area (Å²) < 4.78 is 57.5. The van der Waals surface area contributed by atoms with Gasteiger partial charge in [0.15, 0.2) is 11.5 Å². The molecule has 0 aromatic heterocycles. The second-order valence-electron chi connectivity index (χ2n) is 4.13. The van der Waals surface area contributed by atoms with Gasteiger partial charge in [-0.2, -0.15) is 17.6 Å². The Morgan fingerprint density at radius 1 is 0.950 bits per heavy atom. The van der Waals surface area contributed by atoms with Crippen molar-refractivity contribution < 1.29 is 27.0 Å². The van der Waals surface area contributed by atoms with Gasteiger partial charge in [0.2, 0.25) is 0 Å². The van der Waals surface area contributed by atoms with Crippen LogP contribution in [-0.4, -0.2) is 39.4 Å². The lowest BCUT2D eigenvalue weighted by Gasteiger charge is -2.30. The average Bonchev–Trinajstić information content (AvgIpc) is 2.40. The second kappa shape index (κ2) is 6.65. The zero-order chi connectivity index (χ0) is 14.5. The minimum atomic E-state index is -3.10. The SMILES string of the molecule is FC(F)Oc1ccc(N2CCNCC2)cc1OC(F)F. The predicted molar refractivity (Wildman–Crippen MR) is 64.8 cm³/mol. The molecule has 0 aliphatic carbocycles. The number of hydrogen-bond donors (Lipinski definition) is 1. The highest BCUT2D eigenvalue weighted by atomic mass is 19.3. The lowest BCUT2D eigenvalue weighted by Crippen LogP contribution is -2.43. The van der Waals surface area contributed by atoms with Crippen LogP contribution in [-0.2, 0) is 0 Å². The topological polar surface area (TPSA) is 33.7 Å². The van der Waals surface area contributed by atoms with Gasteiger partial charge in [0.05, 0.1) is 0 Å². The molecule has 8 heteroatoms. The Kier molecular flexibility index (Phi) is 4.89. The molecule has 0 radical (unpaired) electrons. The summed E-state index contributed by atoms with van der Waals surface area (Å²) in [7, 11) is 0. The number of nitrogens with zero attached hydrogens (tertiary/aromatic N) is 1. The molecule has 1 heterocycles. The van der Waals surface area contributed by atoms with Crippen molar-refractivity contribution in [2.24, 2.45) is 0 Å². The normalized spacial score (nSPS) is 15.8. The van der Waals surface area contributed by atoms with Crippen molar-refractivity contribution in [3.8, 4) is 11.5 Å². The van der Waals surface area contributed by atoms with Gasteiger partial charge in [0.25, 0.3) is 0 Å². The van der Waals surface area contributed by atoms with Crippen molar-refractivity contribution in [3.63, 3.8) is 0 Å². The first-order valence-electron chi connectivity index (χ1n) is 6.05. The van der Waals surface area contributed by atoms with Crippen molar-refractivity contribution in [1.82, 2.24) is 5.32 Å². The molecule has 4 nitrogen and oxygen atoms in total. The van der Waals surface area contributed by atoms with Crippen LogP contribution in [0.3, 0.4) is 0 Å². The number of nitrogens with one attached hydrogen (secondary N) is 1. The monoisotopic (exact) mass is 294 g/mol. The number of benzene rings is 1. The molecule has 1 aliphatic rings. The molecule has 1 aromatic carbocycles. The zero-order valence-electron chi connectivity index (χ0n) is 10.5. The van der Waals surface area contributed by atoms with E-state index in [0.29, 0.717) is 18.8 Å². The Balaban J connectivity index is 2.22. The van der Waals surface area contributed by atoms with Gasteiger partial charge < -0.3 is 19.7 Å². The summed E-state index contributed by atoms with van der Waals surface area (Å²) in [6.45, 7) is -3.28. The fraction of sp³-hybridized carbons (Fsp3) is 0.500. The van der Waals surface area contributed by atoms with Gasteiger partial charge in [-0.15, -0.1) is 0 Å². The van der Waals surface area contributed by atoms with Gasteiger partial charge in [0, 0.05) is 37.9 Å². The lowest BCUT2D eigenvalue weighted by atomic mass is 10.2. The summed E-state index contributed by atoms with van der Waals surface area (Å²) in [5, 5.41) is 3.15. The molecule has 112 valence electrons. The Hall–Kier alpha value is -1.70. The van der Waals surface area contributed by atoms with Crippen molar-refractivity contribution in [3.05, 3.63) is 18.2 Å². The number of rotatable bonds is 5. The standard InChI is InChI=1S/C12H14F4N2O2/c13-11(14)19-9-2-1-8(7-10(9)20-12(15)16)18-5-3-17-4-6-18/h1-2,7,11-12,17H,3-6H2. The molecule has 0 saturated carbocycles. The highest BCUT2D eigenvalue weighted by Gasteiger charge is 2.18. The smallest absolute Gasteiger partial charge is 0.387 e. The van der Waals surface area contributed by atoms with Crippen LogP contribution in [0.1, 0.15) is 0 Å². The highest BCUT2D eigenvalue weighted by Crippen LogP contribution is 2.34. The number of alkyl halides is 4. The summed E-state index contributed by atoms with van der Waals surface area (Å²) in [5.74, 6) is -0.796. The third-order valence-corrected chi connectivity index (χ3v) is 2.84. The highest BCUT2D eigenvalue weighted by molar-refractivity contribution is 5.56. The zero-order valence-corrected chi connectivity index (χ0v) is 10.5. The van der Waals surface area contributed by atoms with Gasteiger partial charge in [-0.1, -0.05) is 0 Å². The third kappa shape index (κ3) is 3.89. The molecule has 1 saturated heterocycles. The molecule has 0 spiro atoms. The summed E-state index contributed by atoms with van der Waals surface area (Å²) in [4.78, 5) is 1.95. The van der Waals surface area contributed by atoms with E-state index < -0.39 is 24.7 Å². The van der Waals surface area contributed by atoms with Crippen LogP contribution in [0.25, 0.3) is 0 Å². The minimum absolute atomic E-state index is 0.392. The fourth-order valence-corrected chi connectivity index (χ4v) is 2.00. The quantitative estimate of drug-likeness (QED) is 0.845. The molecule has 0 atom stereocenters. The molecular weight excluding hydrogens is 280 g/mol. The van der Waals surface area contributed by atoms with Crippen molar-refractivity contribution in [1.29, 1.82) is 0 Å². The molecule has 0 unspecified atom stereocenters. The van der Waals surface area contributed by atoms with Crippen LogP contribution in [0.15, 0.2) is 18.2 Å². The maximum Gasteiger partial charge on any atom is 0.387 e. The number of anilines is 1. The first-order valence-corrected chi connectivity index (χ1v) is 6.05. The third-order valence-electron chi connectivity index (χ3n) is 2.84. The number of hydrogen-bond acceptors (Lipinski definition) is 4. The summed E-state index contributed by atoms with van der Waals surface area (Å²) in [6.07, 6.45) is 0. The average molecular weight is 294 g/mol. The Bertz CT molecular complexity index is 439. The summed E-state index contributed by atoms with van der Waals surface area (Å²) in [6, 6.07) is 4.04. The van der Waals surface area contributed by atoms with E-state index in [-0.39, 0.29) is 0 Å². The Morgan fingerprint density at radius 3 is 2.15 bits per heavy atom. The van der Waals surface area contributed by atoms with Crippen molar-refractivity contribution in [2.75, 3.05) is 31.1 Å². The molecule has 20 heavy (non-hydrogen) atoms. The van der Waals surface area contributed by atoms with Crippen LogP contribution in [0, 0.1) is 0 Å². The second-order valence-corrected chi connectivity index (χ2v) is 4.13. The maximum atomic E-state index is 12.3. The van der Waals surface area contributed by atoms with Crippen molar-refractivity contribution in [2.45, 2.75) is 13.2 Å². The van der Waals surface area contributed by atoms with Crippen LogP contribution < -0.4 is 19.7 Å². The number of ether oxygens (including phenoxy) is 2. The number of piperazine rings is 1. The van der Waals surface area contributed by atoms with Gasteiger partial charge in [-0.3, -0.25) is 0 Å². The Morgan fingerprint density at radius 2 is 1.55 bits per heavy atom. The van der Waals surface area contributed by atoms with Gasteiger partial charge in [-0.25, -0.2) is 0 Å². The van der Waals surface area contributed by atoms with E-state index >= 15 is 0 Å². The predicted octanol–water partition coefficient (Wildman–Crippen LogP) is 2.30.